The van der Waals surface area contributed by atoms with Crippen LogP contribution in [0.3, 0.4) is 0 Å². The van der Waals surface area contributed by atoms with Gasteiger partial charge in [-0.15, -0.1) is 5.10 Å². The van der Waals surface area contributed by atoms with E-state index in [9.17, 15) is 13.2 Å². The first-order valence-corrected chi connectivity index (χ1v) is 11.2. The number of carbonyl (C=O) groups is 1. The highest BCUT2D eigenvalue weighted by molar-refractivity contribution is 7.92. The van der Waals surface area contributed by atoms with Crippen molar-refractivity contribution >= 4 is 27.6 Å². The van der Waals surface area contributed by atoms with E-state index in [2.05, 4.69) is 20.5 Å². The summed E-state index contributed by atoms with van der Waals surface area (Å²) in [6.45, 7) is 2.03. The van der Waals surface area contributed by atoms with Gasteiger partial charge >= 0.3 is 6.01 Å². The van der Waals surface area contributed by atoms with E-state index in [0.29, 0.717) is 11.4 Å². The van der Waals surface area contributed by atoms with Crippen LogP contribution < -0.4 is 9.62 Å². The molecule has 0 spiro atoms. The zero-order valence-electron chi connectivity index (χ0n) is 17.0. The van der Waals surface area contributed by atoms with E-state index in [-0.39, 0.29) is 28.9 Å². The van der Waals surface area contributed by atoms with Crippen molar-refractivity contribution in [3.8, 4) is 11.6 Å². The van der Waals surface area contributed by atoms with Gasteiger partial charge in [0.15, 0.2) is 0 Å². The van der Waals surface area contributed by atoms with Gasteiger partial charge in [-0.1, -0.05) is 29.4 Å². The first kappa shape index (κ1) is 21.2. The van der Waals surface area contributed by atoms with Crippen LogP contribution in [0.1, 0.15) is 17.3 Å². The van der Waals surface area contributed by atoms with E-state index in [4.69, 9.17) is 4.42 Å². The van der Waals surface area contributed by atoms with E-state index in [1.54, 1.807) is 55.6 Å². The van der Waals surface area contributed by atoms with Crippen molar-refractivity contribution in [2.75, 3.05) is 16.2 Å². The largest absolute Gasteiger partial charge is 0.401 e. The molecule has 162 valence electrons. The number of pyridine rings is 1. The third-order valence-electron chi connectivity index (χ3n) is 4.57. The van der Waals surface area contributed by atoms with Crippen molar-refractivity contribution in [3.05, 3.63) is 84.6 Å². The minimum atomic E-state index is -3.78. The fourth-order valence-electron chi connectivity index (χ4n) is 3.03. The second-order valence-electron chi connectivity index (χ2n) is 6.61. The highest BCUT2D eigenvalue weighted by Gasteiger charge is 2.24. The van der Waals surface area contributed by atoms with E-state index in [1.807, 2.05) is 6.07 Å². The quantitative estimate of drug-likeness (QED) is 0.458. The monoisotopic (exact) mass is 449 g/mol. The van der Waals surface area contributed by atoms with Crippen molar-refractivity contribution in [1.29, 1.82) is 0 Å². The number of para-hydroxylation sites is 1. The number of nitrogens with one attached hydrogen (secondary N) is 1. The third-order valence-corrected chi connectivity index (χ3v) is 6.48. The Morgan fingerprint density at radius 1 is 0.969 bits per heavy atom. The summed E-state index contributed by atoms with van der Waals surface area (Å²) in [5.41, 5.74) is 1.29. The number of carbonyl (C=O) groups excluding carboxylic acids is 1. The number of hydrogen-bond donors (Lipinski definition) is 1. The standard InChI is InChI=1S/C22H19N5O4S/c1-2-27(17-8-4-3-5-9-17)32(29,30)18-13-11-16(12-14-18)20(28)24-22-26-25-21(31-22)19-10-6-7-15-23-19/h3-15H,2H2,1H3,(H,24,26,28). The smallest absolute Gasteiger partial charge is 0.322 e. The summed E-state index contributed by atoms with van der Waals surface area (Å²) in [4.78, 5) is 16.7. The molecule has 0 radical (unpaired) electrons. The summed E-state index contributed by atoms with van der Waals surface area (Å²) in [5.74, 6) is -0.344. The van der Waals surface area contributed by atoms with Gasteiger partial charge in [-0.25, -0.2) is 8.42 Å². The highest BCUT2D eigenvalue weighted by atomic mass is 32.2. The molecule has 2 aromatic heterocycles. The normalized spacial score (nSPS) is 11.2. The average molecular weight is 449 g/mol. The van der Waals surface area contributed by atoms with Gasteiger partial charge in [0.05, 0.1) is 10.6 Å². The fourth-order valence-corrected chi connectivity index (χ4v) is 4.50. The van der Waals surface area contributed by atoms with Gasteiger partial charge in [0, 0.05) is 18.3 Å². The summed E-state index contributed by atoms with van der Waals surface area (Å²) in [6.07, 6.45) is 1.59. The first-order chi connectivity index (χ1) is 15.5. The van der Waals surface area contributed by atoms with E-state index in [0.717, 1.165) is 0 Å². The molecule has 0 bridgehead atoms. The number of sulfonamides is 1. The zero-order chi connectivity index (χ0) is 22.6. The van der Waals surface area contributed by atoms with Crippen LogP contribution in [0, 0.1) is 0 Å². The van der Waals surface area contributed by atoms with Crippen molar-refractivity contribution in [3.63, 3.8) is 0 Å². The highest BCUT2D eigenvalue weighted by Crippen LogP contribution is 2.24. The lowest BCUT2D eigenvalue weighted by Gasteiger charge is -2.22. The van der Waals surface area contributed by atoms with Gasteiger partial charge in [-0.05, 0) is 55.5 Å². The molecule has 0 fully saturated rings. The topological polar surface area (TPSA) is 118 Å². The summed E-state index contributed by atoms with van der Waals surface area (Å²) >= 11 is 0. The fraction of sp³-hybridized carbons (Fsp3) is 0.0909. The molecular formula is C22H19N5O4S. The predicted octanol–water partition coefficient (Wildman–Crippen LogP) is 3.60. The second kappa shape index (κ2) is 8.98. The Morgan fingerprint density at radius 2 is 1.69 bits per heavy atom. The Morgan fingerprint density at radius 3 is 2.34 bits per heavy atom. The van der Waals surface area contributed by atoms with Gasteiger partial charge in [0.25, 0.3) is 21.8 Å². The van der Waals surface area contributed by atoms with Gasteiger partial charge < -0.3 is 4.42 Å². The molecule has 0 aliphatic carbocycles. The molecule has 0 saturated carbocycles. The average Bonchev–Trinajstić information content (AvgIpc) is 3.29. The second-order valence-corrected chi connectivity index (χ2v) is 8.47. The van der Waals surface area contributed by atoms with Crippen LogP contribution in [0.2, 0.25) is 0 Å². The molecule has 1 N–H and O–H groups in total. The molecule has 2 heterocycles. The maximum Gasteiger partial charge on any atom is 0.322 e. The SMILES string of the molecule is CCN(c1ccccc1)S(=O)(=O)c1ccc(C(=O)Nc2nnc(-c3ccccn3)o2)cc1. The molecule has 0 saturated heterocycles. The molecule has 10 heteroatoms. The maximum atomic E-state index is 13.1. The molecule has 32 heavy (non-hydrogen) atoms. The van der Waals surface area contributed by atoms with E-state index in [1.165, 1.54) is 28.6 Å². The Balaban J connectivity index is 1.50. The number of amides is 1. The molecule has 4 rings (SSSR count). The molecule has 1 amide bonds. The predicted molar refractivity (Wildman–Crippen MR) is 119 cm³/mol. The Hall–Kier alpha value is -4.05. The molecule has 0 aliphatic rings. The van der Waals surface area contributed by atoms with E-state index >= 15 is 0 Å². The molecule has 0 unspecified atom stereocenters. The molecule has 2 aromatic carbocycles. The molecule has 4 aromatic rings. The van der Waals surface area contributed by atoms with Gasteiger partial charge in [-0.2, -0.15) is 0 Å². The molecular weight excluding hydrogens is 430 g/mol. The lowest BCUT2D eigenvalue weighted by Crippen LogP contribution is -2.30. The number of aromatic nitrogens is 3. The third kappa shape index (κ3) is 4.35. The van der Waals surface area contributed by atoms with Crippen molar-refractivity contribution < 1.29 is 17.6 Å². The Kier molecular flexibility index (Phi) is 5.95. The van der Waals surface area contributed by atoms with Crippen molar-refractivity contribution in [2.45, 2.75) is 11.8 Å². The van der Waals surface area contributed by atoms with Crippen LogP contribution in [-0.2, 0) is 10.0 Å². The van der Waals surface area contributed by atoms with Crippen molar-refractivity contribution in [2.24, 2.45) is 0 Å². The summed E-state index contributed by atoms with van der Waals surface area (Å²) in [7, 11) is -3.78. The Labute approximate surface area is 184 Å². The number of nitrogens with zero attached hydrogens (tertiary/aromatic N) is 4. The maximum absolute atomic E-state index is 13.1. The van der Waals surface area contributed by atoms with Gasteiger partial charge in [0.2, 0.25) is 0 Å². The molecule has 0 aliphatic heterocycles. The minimum absolute atomic E-state index is 0.0787. The number of rotatable bonds is 7. The first-order valence-electron chi connectivity index (χ1n) is 9.73. The van der Waals surface area contributed by atoms with Crippen LogP contribution in [0.5, 0.6) is 0 Å². The van der Waals surface area contributed by atoms with Crippen molar-refractivity contribution in [1.82, 2.24) is 15.2 Å². The lowest BCUT2D eigenvalue weighted by atomic mass is 10.2. The van der Waals surface area contributed by atoms with Gasteiger partial charge in [-0.3, -0.25) is 19.4 Å². The van der Waals surface area contributed by atoms with Crippen LogP contribution in [0.4, 0.5) is 11.7 Å². The molecule has 9 nitrogen and oxygen atoms in total. The summed E-state index contributed by atoms with van der Waals surface area (Å²) in [5, 5.41) is 10.1. The Bertz CT molecular complexity index is 1310. The van der Waals surface area contributed by atoms with Crippen LogP contribution in [0.25, 0.3) is 11.6 Å². The molecule has 0 atom stereocenters. The van der Waals surface area contributed by atoms with Crippen LogP contribution >= 0.6 is 0 Å². The number of anilines is 2. The van der Waals surface area contributed by atoms with Gasteiger partial charge in [0.1, 0.15) is 5.69 Å². The zero-order valence-corrected chi connectivity index (χ0v) is 17.9. The van der Waals surface area contributed by atoms with E-state index < -0.39 is 15.9 Å². The number of benzene rings is 2. The van der Waals surface area contributed by atoms with Crippen LogP contribution in [-0.4, -0.2) is 36.1 Å². The summed E-state index contributed by atoms with van der Waals surface area (Å²) < 4.78 is 32.8. The van der Waals surface area contributed by atoms with Crippen LogP contribution in [0.15, 0.2) is 88.3 Å². The minimum Gasteiger partial charge on any atom is -0.401 e. The number of hydrogen-bond acceptors (Lipinski definition) is 7. The summed E-state index contributed by atoms with van der Waals surface area (Å²) in [6, 6.07) is 19.6. The lowest BCUT2D eigenvalue weighted by molar-refractivity contribution is 0.102.